The number of benzene rings is 1. The first kappa shape index (κ1) is 14.7. The van der Waals surface area contributed by atoms with Gasteiger partial charge in [0.25, 0.3) is 0 Å². The van der Waals surface area contributed by atoms with Gasteiger partial charge in [0, 0.05) is 12.6 Å². The predicted octanol–water partition coefficient (Wildman–Crippen LogP) is 2.84. The molecule has 0 aliphatic carbocycles. The topological polar surface area (TPSA) is 38.3 Å². The summed E-state index contributed by atoms with van der Waals surface area (Å²) in [4.78, 5) is 11.6. The lowest BCUT2D eigenvalue weighted by Crippen LogP contribution is -2.38. The smallest absolute Gasteiger partial charge is 0.312 e. The standard InChI is InChI=1S/C15H23NO2/c1-11-7-6-8-13(9-11)12(2)16-10-15(3,4)14(17)18-5/h6-9,12,16H,10H2,1-5H3/t12-/m0/s1. The van der Waals surface area contributed by atoms with E-state index in [-0.39, 0.29) is 12.0 Å². The summed E-state index contributed by atoms with van der Waals surface area (Å²) in [6.45, 7) is 8.54. The highest BCUT2D eigenvalue weighted by molar-refractivity contribution is 5.76. The molecule has 0 radical (unpaired) electrons. The van der Waals surface area contributed by atoms with Gasteiger partial charge in [-0.15, -0.1) is 0 Å². The molecular formula is C15H23NO2. The van der Waals surface area contributed by atoms with Crippen molar-refractivity contribution in [3.63, 3.8) is 0 Å². The molecule has 1 N–H and O–H groups in total. The maximum absolute atomic E-state index is 11.6. The number of aryl methyl sites for hydroxylation is 1. The first-order chi connectivity index (χ1) is 8.36. The number of esters is 1. The number of ether oxygens (including phenoxy) is 1. The van der Waals surface area contributed by atoms with Gasteiger partial charge < -0.3 is 10.1 Å². The van der Waals surface area contributed by atoms with Crippen molar-refractivity contribution in [1.82, 2.24) is 5.32 Å². The van der Waals surface area contributed by atoms with E-state index in [4.69, 9.17) is 4.74 Å². The number of hydrogen-bond donors (Lipinski definition) is 1. The Morgan fingerprint density at radius 3 is 2.67 bits per heavy atom. The van der Waals surface area contributed by atoms with E-state index in [0.717, 1.165) is 0 Å². The lowest BCUT2D eigenvalue weighted by atomic mass is 9.93. The molecule has 100 valence electrons. The quantitative estimate of drug-likeness (QED) is 0.815. The molecular weight excluding hydrogens is 226 g/mol. The third kappa shape index (κ3) is 3.84. The Morgan fingerprint density at radius 1 is 1.44 bits per heavy atom. The first-order valence-electron chi connectivity index (χ1n) is 6.25. The molecule has 0 aromatic heterocycles. The third-order valence-electron chi connectivity index (χ3n) is 3.13. The van der Waals surface area contributed by atoms with Crippen LogP contribution in [0.3, 0.4) is 0 Å². The average Bonchev–Trinajstić information content (AvgIpc) is 2.35. The van der Waals surface area contributed by atoms with Crippen LogP contribution in [0.4, 0.5) is 0 Å². The second-order valence-electron chi connectivity index (χ2n) is 5.39. The largest absolute Gasteiger partial charge is 0.469 e. The first-order valence-corrected chi connectivity index (χ1v) is 6.25. The molecule has 0 aliphatic rings. The summed E-state index contributed by atoms with van der Waals surface area (Å²) in [6, 6.07) is 8.59. The number of methoxy groups -OCH3 is 1. The van der Waals surface area contributed by atoms with Crippen LogP contribution in [0.1, 0.15) is 37.9 Å². The van der Waals surface area contributed by atoms with Gasteiger partial charge in [0.15, 0.2) is 0 Å². The van der Waals surface area contributed by atoms with E-state index < -0.39 is 5.41 Å². The van der Waals surface area contributed by atoms with Crippen LogP contribution in [0.15, 0.2) is 24.3 Å². The lowest BCUT2D eigenvalue weighted by Gasteiger charge is -2.24. The van der Waals surface area contributed by atoms with E-state index in [9.17, 15) is 4.79 Å². The molecule has 1 rings (SSSR count). The van der Waals surface area contributed by atoms with Gasteiger partial charge in [-0.3, -0.25) is 4.79 Å². The van der Waals surface area contributed by atoms with Crippen LogP contribution >= 0.6 is 0 Å². The molecule has 3 nitrogen and oxygen atoms in total. The van der Waals surface area contributed by atoms with Gasteiger partial charge in [0.1, 0.15) is 0 Å². The SMILES string of the molecule is COC(=O)C(C)(C)CN[C@@H](C)c1cccc(C)c1. The van der Waals surface area contributed by atoms with Crippen molar-refractivity contribution in [3.8, 4) is 0 Å². The van der Waals surface area contributed by atoms with Crippen molar-refractivity contribution < 1.29 is 9.53 Å². The fraction of sp³-hybridized carbons (Fsp3) is 0.533. The summed E-state index contributed by atoms with van der Waals surface area (Å²) in [7, 11) is 1.42. The molecule has 3 heteroatoms. The zero-order valence-corrected chi connectivity index (χ0v) is 11.9. The van der Waals surface area contributed by atoms with Crippen molar-refractivity contribution in [3.05, 3.63) is 35.4 Å². The highest BCUT2D eigenvalue weighted by Gasteiger charge is 2.28. The molecule has 0 unspecified atom stereocenters. The fourth-order valence-electron chi connectivity index (χ4n) is 1.81. The van der Waals surface area contributed by atoms with E-state index in [2.05, 4.69) is 37.4 Å². The molecule has 1 aromatic rings. The van der Waals surface area contributed by atoms with Gasteiger partial charge in [-0.25, -0.2) is 0 Å². The number of hydrogen-bond acceptors (Lipinski definition) is 3. The molecule has 0 saturated heterocycles. The molecule has 0 bridgehead atoms. The number of carbonyl (C=O) groups is 1. The maximum Gasteiger partial charge on any atom is 0.312 e. The summed E-state index contributed by atoms with van der Waals surface area (Å²) in [5, 5.41) is 3.38. The Bertz CT molecular complexity index is 413. The van der Waals surface area contributed by atoms with Crippen LogP contribution in [-0.2, 0) is 9.53 Å². The van der Waals surface area contributed by atoms with E-state index in [1.54, 1.807) is 0 Å². The predicted molar refractivity (Wildman–Crippen MR) is 73.4 cm³/mol. The van der Waals surface area contributed by atoms with Crippen LogP contribution in [0.2, 0.25) is 0 Å². The van der Waals surface area contributed by atoms with Gasteiger partial charge >= 0.3 is 5.97 Å². The highest BCUT2D eigenvalue weighted by atomic mass is 16.5. The maximum atomic E-state index is 11.6. The highest BCUT2D eigenvalue weighted by Crippen LogP contribution is 2.19. The van der Waals surface area contributed by atoms with E-state index in [1.165, 1.54) is 18.2 Å². The van der Waals surface area contributed by atoms with Crippen molar-refractivity contribution in [2.24, 2.45) is 5.41 Å². The summed E-state index contributed by atoms with van der Waals surface area (Å²) in [6.07, 6.45) is 0. The molecule has 1 aromatic carbocycles. The molecule has 0 fully saturated rings. The van der Waals surface area contributed by atoms with Gasteiger partial charge in [-0.1, -0.05) is 29.8 Å². The minimum Gasteiger partial charge on any atom is -0.469 e. The van der Waals surface area contributed by atoms with Crippen molar-refractivity contribution >= 4 is 5.97 Å². The molecule has 0 amide bonds. The van der Waals surface area contributed by atoms with Crippen LogP contribution in [0.5, 0.6) is 0 Å². The van der Waals surface area contributed by atoms with Crippen molar-refractivity contribution in [1.29, 1.82) is 0 Å². The van der Waals surface area contributed by atoms with Gasteiger partial charge in [-0.2, -0.15) is 0 Å². The number of rotatable bonds is 5. The summed E-state index contributed by atoms with van der Waals surface area (Å²) in [5.41, 5.74) is 1.97. The summed E-state index contributed by atoms with van der Waals surface area (Å²) < 4.78 is 4.79. The second kappa shape index (κ2) is 6.01. The van der Waals surface area contributed by atoms with Crippen molar-refractivity contribution in [2.45, 2.75) is 33.7 Å². The van der Waals surface area contributed by atoms with E-state index in [1.807, 2.05) is 19.9 Å². The van der Waals surface area contributed by atoms with Gasteiger partial charge in [0.2, 0.25) is 0 Å². The normalized spacial score (nSPS) is 13.2. The summed E-state index contributed by atoms with van der Waals surface area (Å²) in [5.74, 6) is -0.188. The minimum atomic E-state index is -0.507. The zero-order chi connectivity index (χ0) is 13.8. The van der Waals surface area contributed by atoms with Crippen LogP contribution in [0.25, 0.3) is 0 Å². The average molecular weight is 249 g/mol. The van der Waals surface area contributed by atoms with E-state index >= 15 is 0 Å². The molecule has 0 heterocycles. The van der Waals surface area contributed by atoms with E-state index in [0.29, 0.717) is 6.54 Å². The monoisotopic (exact) mass is 249 g/mol. The Balaban J connectivity index is 2.61. The molecule has 1 atom stereocenters. The van der Waals surface area contributed by atoms with Crippen LogP contribution < -0.4 is 5.32 Å². The summed E-state index contributed by atoms with van der Waals surface area (Å²) >= 11 is 0. The Labute approximate surface area is 110 Å². The third-order valence-corrected chi connectivity index (χ3v) is 3.13. The minimum absolute atomic E-state index is 0.188. The van der Waals surface area contributed by atoms with Crippen LogP contribution in [-0.4, -0.2) is 19.6 Å². The Kier molecular flexibility index (Phi) is 4.91. The molecule has 0 aliphatic heterocycles. The Hall–Kier alpha value is -1.35. The second-order valence-corrected chi connectivity index (χ2v) is 5.39. The molecule has 18 heavy (non-hydrogen) atoms. The Morgan fingerprint density at radius 2 is 2.11 bits per heavy atom. The van der Waals surface area contributed by atoms with Crippen LogP contribution in [0, 0.1) is 12.3 Å². The molecule has 0 spiro atoms. The fourth-order valence-corrected chi connectivity index (χ4v) is 1.81. The number of carbonyl (C=O) groups excluding carboxylic acids is 1. The van der Waals surface area contributed by atoms with Gasteiger partial charge in [0.05, 0.1) is 12.5 Å². The number of nitrogens with one attached hydrogen (secondary N) is 1. The van der Waals surface area contributed by atoms with Gasteiger partial charge in [-0.05, 0) is 33.3 Å². The molecule has 0 saturated carbocycles. The lowest BCUT2D eigenvalue weighted by molar-refractivity contribution is -0.150. The van der Waals surface area contributed by atoms with Crippen molar-refractivity contribution in [2.75, 3.05) is 13.7 Å². The zero-order valence-electron chi connectivity index (χ0n) is 11.9.